The van der Waals surface area contributed by atoms with E-state index < -0.39 is 21.0 Å². The van der Waals surface area contributed by atoms with Crippen LogP contribution in [0.3, 0.4) is 0 Å². The molecule has 0 aliphatic carbocycles. The minimum atomic E-state index is -4.00. The predicted molar refractivity (Wildman–Crippen MR) is 63.6 cm³/mol. The van der Waals surface area contributed by atoms with E-state index in [4.69, 9.17) is 0 Å². The van der Waals surface area contributed by atoms with E-state index in [9.17, 15) is 23.3 Å². The van der Waals surface area contributed by atoms with Gasteiger partial charge in [0, 0.05) is 12.1 Å². The Morgan fingerprint density at radius 2 is 1.95 bits per heavy atom. The van der Waals surface area contributed by atoms with Gasteiger partial charge < -0.3 is 4.74 Å². The molecule has 0 aliphatic heterocycles. The smallest absolute Gasteiger partial charge is 0.422 e. The number of benzene rings is 1. The molecule has 0 saturated heterocycles. The first-order valence-corrected chi connectivity index (χ1v) is 6.54. The van der Waals surface area contributed by atoms with E-state index in [0.29, 0.717) is 0 Å². The highest BCUT2D eigenvalue weighted by Gasteiger charge is 2.16. The van der Waals surface area contributed by atoms with Gasteiger partial charge in [-0.2, -0.15) is 0 Å². The third kappa shape index (κ3) is 4.19. The topological polar surface area (TPSA) is 128 Å². The first kappa shape index (κ1) is 14.9. The Bertz CT molecular complexity index is 568. The third-order valence-corrected chi connectivity index (χ3v) is 3.18. The lowest BCUT2D eigenvalue weighted by Crippen LogP contribution is -2.41. The van der Waals surface area contributed by atoms with Gasteiger partial charge in [0.2, 0.25) is 0 Å². The van der Waals surface area contributed by atoms with E-state index in [2.05, 4.69) is 4.74 Å². The van der Waals surface area contributed by atoms with Crippen molar-refractivity contribution in [1.82, 2.24) is 10.3 Å². The second kappa shape index (κ2) is 6.11. The number of hydrogen-bond acceptors (Lipinski definition) is 6. The summed E-state index contributed by atoms with van der Waals surface area (Å²) in [6.45, 7) is 1.65. The fourth-order valence-corrected chi connectivity index (χ4v) is 1.91. The zero-order valence-corrected chi connectivity index (χ0v) is 10.6. The SMILES string of the molecule is CCOC(=O)NNS(=O)(=O)c1ccc([N+](=O)[O-])cc1. The zero-order valence-electron chi connectivity index (χ0n) is 9.82. The molecule has 0 bridgehead atoms. The Labute approximate surface area is 108 Å². The molecule has 0 aliphatic rings. The van der Waals surface area contributed by atoms with Gasteiger partial charge in [0.25, 0.3) is 15.7 Å². The molecule has 19 heavy (non-hydrogen) atoms. The van der Waals surface area contributed by atoms with Crippen LogP contribution in [0.15, 0.2) is 29.2 Å². The Morgan fingerprint density at radius 3 is 2.42 bits per heavy atom. The van der Waals surface area contributed by atoms with Crippen molar-refractivity contribution in [1.29, 1.82) is 0 Å². The standard InChI is InChI=1S/C9H11N3O6S/c1-2-18-9(13)10-11-19(16,17)8-5-3-7(4-6-8)12(14)15/h3-6,11H,2H2,1H3,(H,10,13). The Kier molecular flexibility index (Phi) is 4.78. The molecule has 1 amide bonds. The summed E-state index contributed by atoms with van der Waals surface area (Å²) < 4.78 is 27.8. The predicted octanol–water partition coefficient (Wildman–Crippen LogP) is 0.534. The van der Waals surface area contributed by atoms with Crippen molar-refractivity contribution in [2.75, 3.05) is 6.61 Å². The van der Waals surface area contributed by atoms with Crippen molar-refractivity contribution in [3.05, 3.63) is 34.4 Å². The first-order chi connectivity index (χ1) is 8.86. The zero-order chi connectivity index (χ0) is 14.5. The van der Waals surface area contributed by atoms with Crippen LogP contribution < -0.4 is 10.3 Å². The lowest BCUT2D eigenvalue weighted by atomic mass is 10.3. The van der Waals surface area contributed by atoms with Gasteiger partial charge in [-0.25, -0.2) is 18.6 Å². The molecule has 0 atom stereocenters. The van der Waals surface area contributed by atoms with E-state index >= 15 is 0 Å². The fraction of sp³-hybridized carbons (Fsp3) is 0.222. The molecule has 0 heterocycles. The van der Waals surface area contributed by atoms with Gasteiger partial charge in [-0.05, 0) is 19.1 Å². The number of nitro benzene ring substituents is 1. The monoisotopic (exact) mass is 289 g/mol. The molecule has 0 aromatic heterocycles. The van der Waals surface area contributed by atoms with Crippen molar-refractivity contribution < 1.29 is 22.9 Å². The number of ether oxygens (including phenoxy) is 1. The highest BCUT2D eigenvalue weighted by atomic mass is 32.2. The molecule has 1 aromatic carbocycles. The summed E-state index contributed by atoms with van der Waals surface area (Å²) in [4.78, 5) is 22.2. The molecular formula is C9H11N3O6S. The van der Waals surface area contributed by atoms with Crippen molar-refractivity contribution in [2.45, 2.75) is 11.8 Å². The second-order valence-electron chi connectivity index (χ2n) is 3.20. The summed E-state index contributed by atoms with van der Waals surface area (Å²) in [7, 11) is -4.00. The molecular weight excluding hydrogens is 278 g/mol. The van der Waals surface area contributed by atoms with Crippen molar-refractivity contribution in [2.24, 2.45) is 0 Å². The number of nitrogens with one attached hydrogen (secondary N) is 2. The Hall–Kier alpha value is -2.20. The number of carbonyl (C=O) groups is 1. The molecule has 1 rings (SSSR count). The summed E-state index contributed by atoms with van der Waals surface area (Å²) in [5.41, 5.74) is 1.59. The molecule has 0 fully saturated rings. The van der Waals surface area contributed by atoms with Gasteiger partial charge >= 0.3 is 6.09 Å². The number of non-ortho nitro benzene ring substituents is 1. The molecule has 0 saturated carbocycles. The van der Waals surface area contributed by atoms with Crippen LogP contribution in [0, 0.1) is 10.1 Å². The number of hydrazine groups is 1. The molecule has 1 aromatic rings. The van der Waals surface area contributed by atoms with Gasteiger partial charge in [0.15, 0.2) is 0 Å². The van der Waals surface area contributed by atoms with Crippen LogP contribution in [0.25, 0.3) is 0 Å². The average Bonchev–Trinajstić information content (AvgIpc) is 2.37. The number of hydrogen-bond donors (Lipinski definition) is 2. The summed E-state index contributed by atoms with van der Waals surface area (Å²) in [6.07, 6.45) is -0.951. The third-order valence-electron chi connectivity index (χ3n) is 1.92. The van der Waals surface area contributed by atoms with Gasteiger partial charge in [0.05, 0.1) is 16.4 Å². The normalized spacial score (nSPS) is 10.8. The number of nitrogens with zero attached hydrogens (tertiary/aromatic N) is 1. The highest BCUT2D eigenvalue weighted by molar-refractivity contribution is 7.89. The summed E-state index contributed by atoms with van der Waals surface area (Å²) in [6, 6.07) is 4.18. The van der Waals surface area contributed by atoms with Gasteiger partial charge in [-0.1, -0.05) is 0 Å². The quantitative estimate of drug-likeness (QED) is 0.601. The molecule has 10 heteroatoms. The Morgan fingerprint density at radius 1 is 1.37 bits per heavy atom. The molecule has 104 valence electrons. The first-order valence-electron chi connectivity index (χ1n) is 5.06. The summed E-state index contributed by atoms with van der Waals surface area (Å²) >= 11 is 0. The Balaban J connectivity index is 2.77. The molecule has 9 nitrogen and oxygen atoms in total. The van der Waals surface area contributed by atoms with E-state index in [1.165, 1.54) is 0 Å². The van der Waals surface area contributed by atoms with E-state index in [-0.39, 0.29) is 17.2 Å². The van der Waals surface area contributed by atoms with Crippen LogP contribution >= 0.6 is 0 Å². The number of sulfonamides is 1. The van der Waals surface area contributed by atoms with Crippen LogP contribution in [0.1, 0.15) is 6.92 Å². The number of carbonyl (C=O) groups excluding carboxylic acids is 1. The molecule has 0 radical (unpaired) electrons. The summed E-state index contributed by atoms with van der Waals surface area (Å²) in [5, 5.41) is 10.4. The van der Waals surface area contributed by atoms with Crippen LogP contribution in [-0.4, -0.2) is 26.0 Å². The number of nitro groups is 1. The minimum Gasteiger partial charge on any atom is -0.449 e. The second-order valence-corrected chi connectivity index (χ2v) is 4.88. The summed E-state index contributed by atoms with van der Waals surface area (Å²) in [5.74, 6) is 0. The fourth-order valence-electron chi connectivity index (χ4n) is 1.08. The lowest BCUT2D eigenvalue weighted by molar-refractivity contribution is -0.384. The van der Waals surface area contributed by atoms with E-state index in [1.807, 2.05) is 5.43 Å². The largest absolute Gasteiger partial charge is 0.449 e. The number of rotatable bonds is 5. The van der Waals surface area contributed by atoms with Crippen molar-refractivity contribution in [3.8, 4) is 0 Å². The van der Waals surface area contributed by atoms with E-state index in [0.717, 1.165) is 24.3 Å². The van der Waals surface area contributed by atoms with Gasteiger partial charge in [-0.15, -0.1) is 4.83 Å². The molecule has 0 spiro atoms. The maximum atomic E-state index is 11.7. The molecule has 0 unspecified atom stereocenters. The van der Waals surface area contributed by atoms with Crippen LogP contribution in [0.5, 0.6) is 0 Å². The maximum absolute atomic E-state index is 11.7. The van der Waals surface area contributed by atoms with Crippen molar-refractivity contribution in [3.63, 3.8) is 0 Å². The average molecular weight is 289 g/mol. The van der Waals surface area contributed by atoms with E-state index in [1.54, 1.807) is 11.8 Å². The minimum absolute atomic E-state index is 0.0884. The van der Waals surface area contributed by atoms with Crippen LogP contribution in [-0.2, 0) is 14.8 Å². The van der Waals surface area contributed by atoms with Crippen molar-refractivity contribution >= 4 is 21.8 Å². The molecule has 2 N–H and O–H groups in total. The lowest BCUT2D eigenvalue weighted by Gasteiger charge is -2.07. The maximum Gasteiger partial charge on any atom is 0.422 e. The number of amides is 1. The van der Waals surface area contributed by atoms with Gasteiger partial charge in [-0.3, -0.25) is 10.1 Å². The highest BCUT2D eigenvalue weighted by Crippen LogP contribution is 2.15. The van der Waals surface area contributed by atoms with Gasteiger partial charge in [0.1, 0.15) is 0 Å². The van der Waals surface area contributed by atoms with Crippen LogP contribution in [0.2, 0.25) is 0 Å². The van der Waals surface area contributed by atoms with Crippen LogP contribution in [0.4, 0.5) is 10.5 Å².